The summed E-state index contributed by atoms with van der Waals surface area (Å²) in [6.45, 7) is 2.04. The second-order valence-corrected chi connectivity index (χ2v) is 7.60. The number of benzene rings is 3. The molecule has 0 aliphatic rings. The summed E-state index contributed by atoms with van der Waals surface area (Å²) in [5.74, 6) is 0. The zero-order valence-corrected chi connectivity index (χ0v) is 12.4. The molecule has 1 unspecified atom stereocenters. The molecule has 0 amide bonds. The molecule has 0 aliphatic heterocycles. The van der Waals surface area contributed by atoms with Gasteiger partial charge in [0.1, 0.15) is 0 Å². The van der Waals surface area contributed by atoms with E-state index in [4.69, 9.17) is 0 Å². The number of rotatable bonds is 2. The quantitative estimate of drug-likeness (QED) is 0.665. The summed E-state index contributed by atoms with van der Waals surface area (Å²) in [7, 11) is 0. The van der Waals surface area contributed by atoms with Gasteiger partial charge in [-0.05, 0) is 0 Å². The van der Waals surface area contributed by atoms with Gasteiger partial charge >= 0.3 is 117 Å². The molecule has 19 heavy (non-hydrogen) atoms. The molecule has 2 heteroatoms. The molecule has 3 rings (SSSR count). The van der Waals surface area contributed by atoms with Crippen LogP contribution in [0.3, 0.4) is 0 Å². The minimum atomic E-state index is -2.19. The molecule has 3 aromatic rings. The second kappa shape index (κ2) is 5.08. The van der Waals surface area contributed by atoms with Crippen LogP contribution in [0.2, 0.25) is 0 Å². The summed E-state index contributed by atoms with van der Waals surface area (Å²) < 4.78 is 14.7. The molecule has 0 saturated heterocycles. The predicted octanol–water partition coefficient (Wildman–Crippen LogP) is 2.68. The van der Waals surface area contributed by atoms with Gasteiger partial charge in [-0.15, -0.1) is 0 Å². The van der Waals surface area contributed by atoms with Crippen molar-refractivity contribution >= 4 is 33.5 Å². The van der Waals surface area contributed by atoms with Gasteiger partial charge < -0.3 is 0 Å². The zero-order chi connectivity index (χ0) is 13.2. The Morgan fingerprint density at radius 3 is 2.26 bits per heavy atom. The first-order valence-corrected chi connectivity index (χ1v) is 8.63. The van der Waals surface area contributed by atoms with Gasteiger partial charge in [0.15, 0.2) is 0 Å². The molecule has 3 aromatic carbocycles. The summed E-state index contributed by atoms with van der Waals surface area (Å²) in [4.78, 5) is 0. The molecule has 0 spiro atoms. The molecule has 0 fully saturated rings. The molecule has 0 radical (unpaired) electrons. The Balaban J connectivity index is 2.14. The summed E-state index contributed by atoms with van der Waals surface area (Å²) in [6, 6.07) is 22.2. The van der Waals surface area contributed by atoms with Gasteiger partial charge in [-0.3, -0.25) is 0 Å². The Kier molecular flexibility index (Phi) is 3.29. The van der Waals surface area contributed by atoms with Crippen molar-refractivity contribution in [1.29, 1.82) is 0 Å². The van der Waals surface area contributed by atoms with Crippen LogP contribution in [0.25, 0.3) is 10.8 Å². The van der Waals surface area contributed by atoms with E-state index in [2.05, 4.69) is 12.1 Å². The standard InChI is InChI=1S/C17H14OSe/c1-13-9-11-15(12-10-13)19(18)17-8-4-6-14-5-2-3-7-16(14)17/h2-12H,1H3. The zero-order valence-electron chi connectivity index (χ0n) is 10.7. The molecule has 94 valence electrons. The third-order valence-corrected chi connectivity index (χ3v) is 6.24. The van der Waals surface area contributed by atoms with Crippen molar-refractivity contribution < 1.29 is 3.83 Å². The van der Waals surface area contributed by atoms with Crippen LogP contribution in [0.15, 0.2) is 66.7 Å². The Hall–Kier alpha value is -1.76. The maximum absolute atomic E-state index is 12.8. The SMILES string of the molecule is Cc1ccc([Se](=O)c2cccc3ccccc23)cc1. The van der Waals surface area contributed by atoms with E-state index in [1.54, 1.807) is 0 Å². The van der Waals surface area contributed by atoms with Crippen LogP contribution in [-0.4, -0.2) is 13.8 Å². The molecule has 1 nitrogen and oxygen atoms in total. The van der Waals surface area contributed by atoms with Gasteiger partial charge in [-0.25, -0.2) is 0 Å². The second-order valence-electron chi connectivity index (χ2n) is 4.56. The van der Waals surface area contributed by atoms with Crippen LogP contribution in [0.4, 0.5) is 0 Å². The Bertz CT molecular complexity index is 739. The van der Waals surface area contributed by atoms with Crippen molar-refractivity contribution in [2.75, 3.05) is 0 Å². The van der Waals surface area contributed by atoms with Gasteiger partial charge in [-0.2, -0.15) is 0 Å². The van der Waals surface area contributed by atoms with E-state index in [0.717, 1.165) is 19.7 Å². The summed E-state index contributed by atoms with van der Waals surface area (Å²) >= 11 is -2.19. The average Bonchev–Trinajstić information content (AvgIpc) is 2.47. The van der Waals surface area contributed by atoms with Gasteiger partial charge in [0, 0.05) is 0 Å². The van der Waals surface area contributed by atoms with Crippen molar-refractivity contribution in [3.63, 3.8) is 0 Å². The molecule has 0 aliphatic carbocycles. The third kappa shape index (κ3) is 2.37. The first-order valence-electron chi connectivity index (χ1n) is 6.22. The Morgan fingerprint density at radius 2 is 1.47 bits per heavy atom. The molecule has 1 atom stereocenters. The maximum atomic E-state index is 12.8. The van der Waals surface area contributed by atoms with Crippen molar-refractivity contribution in [2.24, 2.45) is 0 Å². The number of hydrogen-bond donors (Lipinski definition) is 0. The van der Waals surface area contributed by atoms with Crippen LogP contribution in [0.5, 0.6) is 0 Å². The summed E-state index contributed by atoms with van der Waals surface area (Å²) in [5.41, 5.74) is 1.19. The van der Waals surface area contributed by atoms with E-state index in [0.29, 0.717) is 0 Å². The van der Waals surface area contributed by atoms with Crippen LogP contribution in [0, 0.1) is 6.92 Å². The van der Waals surface area contributed by atoms with E-state index in [1.165, 1.54) is 5.56 Å². The van der Waals surface area contributed by atoms with Gasteiger partial charge in [-0.1, -0.05) is 0 Å². The van der Waals surface area contributed by atoms with E-state index < -0.39 is 13.8 Å². The van der Waals surface area contributed by atoms with E-state index in [1.807, 2.05) is 61.5 Å². The van der Waals surface area contributed by atoms with Crippen LogP contribution >= 0.6 is 0 Å². The van der Waals surface area contributed by atoms with Crippen molar-refractivity contribution in [1.82, 2.24) is 0 Å². The van der Waals surface area contributed by atoms with Crippen LogP contribution in [-0.2, 0) is 3.83 Å². The number of hydrogen-bond acceptors (Lipinski definition) is 1. The molecule has 0 bridgehead atoms. The molecular weight excluding hydrogens is 299 g/mol. The predicted molar refractivity (Wildman–Crippen MR) is 80.8 cm³/mol. The average molecular weight is 313 g/mol. The molecule has 0 heterocycles. The summed E-state index contributed by atoms with van der Waals surface area (Å²) in [6.07, 6.45) is 0. The van der Waals surface area contributed by atoms with E-state index in [-0.39, 0.29) is 0 Å². The summed E-state index contributed by atoms with van der Waals surface area (Å²) in [5, 5.41) is 2.25. The van der Waals surface area contributed by atoms with E-state index >= 15 is 0 Å². The first-order chi connectivity index (χ1) is 9.25. The fourth-order valence-electron chi connectivity index (χ4n) is 2.15. The molecule has 0 N–H and O–H groups in total. The van der Waals surface area contributed by atoms with Crippen molar-refractivity contribution in [3.05, 3.63) is 72.3 Å². The third-order valence-electron chi connectivity index (χ3n) is 3.18. The number of fused-ring (bicyclic) bond motifs is 1. The first kappa shape index (κ1) is 12.3. The molecule has 0 aromatic heterocycles. The van der Waals surface area contributed by atoms with Gasteiger partial charge in [0.05, 0.1) is 0 Å². The van der Waals surface area contributed by atoms with E-state index in [9.17, 15) is 3.83 Å². The Morgan fingerprint density at radius 1 is 0.789 bits per heavy atom. The topological polar surface area (TPSA) is 17.1 Å². The fourth-order valence-corrected chi connectivity index (χ4v) is 4.72. The molecular formula is C17H14OSe. The van der Waals surface area contributed by atoms with Crippen molar-refractivity contribution in [3.8, 4) is 0 Å². The molecule has 0 saturated carbocycles. The van der Waals surface area contributed by atoms with Gasteiger partial charge in [0.25, 0.3) is 0 Å². The monoisotopic (exact) mass is 314 g/mol. The van der Waals surface area contributed by atoms with Crippen molar-refractivity contribution in [2.45, 2.75) is 6.92 Å². The van der Waals surface area contributed by atoms with Crippen LogP contribution in [0.1, 0.15) is 5.56 Å². The fraction of sp³-hybridized carbons (Fsp3) is 0.0588. The van der Waals surface area contributed by atoms with Crippen LogP contribution < -0.4 is 8.92 Å². The van der Waals surface area contributed by atoms with Gasteiger partial charge in [0.2, 0.25) is 0 Å². The Labute approximate surface area is 117 Å². The normalized spacial score (nSPS) is 12.5. The minimum absolute atomic E-state index is 0.946. The number of aryl methyl sites for hydroxylation is 1.